The number of nitrogens with one attached hydrogen (secondary N) is 3. The number of pyridine rings is 1. The van der Waals surface area contributed by atoms with E-state index >= 15 is 0 Å². The Hall–Kier alpha value is -1.42. The molecule has 1 aromatic heterocycles. The van der Waals surface area contributed by atoms with Crippen LogP contribution in [-0.2, 0) is 9.53 Å². The normalized spacial score (nSPS) is 19.6. The number of carbonyl (C=O) groups excluding carboxylic acids is 1. The van der Waals surface area contributed by atoms with Crippen LogP contribution < -0.4 is 16.0 Å². The maximum Gasteiger partial charge on any atom is 0.227 e. The summed E-state index contributed by atoms with van der Waals surface area (Å²) in [6.45, 7) is 13.5. The van der Waals surface area contributed by atoms with Crippen LogP contribution in [0.2, 0.25) is 0 Å². The van der Waals surface area contributed by atoms with Crippen molar-refractivity contribution >= 4 is 41.7 Å². The van der Waals surface area contributed by atoms with Crippen LogP contribution in [0.1, 0.15) is 52.7 Å². The van der Waals surface area contributed by atoms with E-state index in [0.29, 0.717) is 24.7 Å². The summed E-state index contributed by atoms with van der Waals surface area (Å²) in [4.78, 5) is 21.2. The second-order valence-electron chi connectivity index (χ2n) is 8.67. The Morgan fingerprint density at radius 2 is 2.07 bits per heavy atom. The minimum absolute atomic E-state index is 0. The molecule has 1 fully saturated rings. The zero-order chi connectivity index (χ0) is 21.3. The molecule has 0 bridgehead atoms. The van der Waals surface area contributed by atoms with Crippen LogP contribution >= 0.6 is 24.0 Å². The number of nitrogens with zero attached hydrogens (tertiary/aromatic N) is 2. The summed E-state index contributed by atoms with van der Waals surface area (Å²) in [5, 5.41) is 9.35. The van der Waals surface area contributed by atoms with Gasteiger partial charge in [0.05, 0.1) is 6.10 Å². The van der Waals surface area contributed by atoms with E-state index in [-0.39, 0.29) is 41.4 Å². The number of aromatic nitrogens is 1. The van der Waals surface area contributed by atoms with Crippen molar-refractivity contribution in [2.24, 2.45) is 16.3 Å². The lowest BCUT2D eigenvalue weighted by atomic mass is 9.78. The predicted octanol–water partition coefficient (Wildman–Crippen LogP) is 3.73. The van der Waals surface area contributed by atoms with Crippen LogP contribution in [0.5, 0.6) is 0 Å². The first-order valence-corrected chi connectivity index (χ1v) is 10.7. The van der Waals surface area contributed by atoms with Crippen molar-refractivity contribution in [1.82, 2.24) is 15.6 Å². The Balaban J connectivity index is 0.00000450. The first-order valence-electron chi connectivity index (χ1n) is 10.7. The van der Waals surface area contributed by atoms with E-state index < -0.39 is 0 Å². The molecule has 2 heterocycles. The van der Waals surface area contributed by atoms with Gasteiger partial charge in [-0.2, -0.15) is 0 Å². The summed E-state index contributed by atoms with van der Waals surface area (Å²) in [5.74, 6) is 1.67. The molecule has 2 unspecified atom stereocenters. The molecule has 1 amide bonds. The number of aryl methyl sites for hydroxylation is 1. The topological polar surface area (TPSA) is 87.6 Å². The van der Waals surface area contributed by atoms with Crippen molar-refractivity contribution < 1.29 is 9.53 Å². The molecular formula is C22H38IN5O2. The van der Waals surface area contributed by atoms with Gasteiger partial charge in [-0.1, -0.05) is 26.8 Å². The fraction of sp³-hybridized carbons (Fsp3) is 0.682. The number of ether oxygens (including phenoxy) is 1. The maximum absolute atomic E-state index is 12.2. The monoisotopic (exact) mass is 531 g/mol. The minimum Gasteiger partial charge on any atom is -0.377 e. The third kappa shape index (κ3) is 9.16. The molecule has 1 aliphatic rings. The van der Waals surface area contributed by atoms with Gasteiger partial charge in [0.1, 0.15) is 5.82 Å². The van der Waals surface area contributed by atoms with Gasteiger partial charge in [0.2, 0.25) is 5.91 Å². The Morgan fingerprint density at radius 1 is 1.30 bits per heavy atom. The number of carbonyl (C=O) groups is 1. The summed E-state index contributed by atoms with van der Waals surface area (Å²) in [5.41, 5.74) is 0.983. The zero-order valence-corrected chi connectivity index (χ0v) is 21.3. The summed E-state index contributed by atoms with van der Waals surface area (Å²) in [6.07, 6.45) is 2.79. The van der Waals surface area contributed by atoms with Gasteiger partial charge < -0.3 is 20.7 Å². The molecule has 0 spiro atoms. The summed E-state index contributed by atoms with van der Waals surface area (Å²) >= 11 is 0. The molecule has 1 saturated heterocycles. The predicted molar refractivity (Wildman–Crippen MR) is 134 cm³/mol. The number of rotatable bonds is 7. The molecule has 0 aromatic carbocycles. The zero-order valence-electron chi connectivity index (χ0n) is 19.0. The quantitative estimate of drug-likeness (QED) is 0.284. The summed E-state index contributed by atoms with van der Waals surface area (Å²) < 4.78 is 6.06. The Morgan fingerprint density at radius 3 is 2.73 bits per heavy atom. The molecular weight excluding hydrogens is 493 g/mol. The Kier molecular flexibility index (Phi) is 11.6. The van der Waals surface area contributed by atoms with E-state index in [4.69, 9.17) is 9.73 Å². The van der Waals surface area contributed by atoms with Gasteiger partial charge >= 0.3 is 0 Å². The number of aliphatic imine (C=N–C) groups is 1. The van der Waals surface area contributed by atoms with Crippen molar-refractivity contribution in [2.75, 3.05) is 31.6 Å². The average molecular weight is 531 g/mol. The highest BCUT2D eigenvalue weighted by Crippen LogP contribution is 2.34. The standard InChI is InChI=1S/C22H37N5O2.HI/c1-6-23-21(25-15-17-10-8-14-29-20(17)22(3,4)5)24-13-12-19(28)27-18-11-7-9-16(2)26-18;/h7,9,11,17,20H,6,8,10,12-15H2,1-5H3,(H2,23,24,25)(H,26,27,28);1H. The van der Waals surface area contributed by atoms with E-state index in [9.17, 15) is 4.79 Å². The summed E-state index contributed by atoms with van der Waals surface area (Å²) in [6, 6.07) is 5.58. The molecule has 0 radical (unpaired) electrons. The second-order valence-corrected chi connectivity index (χ2v) is 8.67. The van der Waals surface area contributed by atoms with Crippen molar-refractivity contribution in [1.29, 1.82) is 0 Å². The largest absolute Gasteiger partial charge is 0.377 e. The summed E-state index contributed by atoms with van der Waals surface area (Å²) in [7, 11) is 0. The molecule has 0 saturated carbocycles. The SMILES string of the molecule is CCNC(=NCC1CCCOC1C(C)(C)C)NCCC(=O)Nc1cccc(C)n1.I. The van der Waals surface area contributed by atoms with Crippen LogP contribution in [0.3, 0.4) is 0 Å². The number of hydrogen-bond acceptors (Lipinski definition) is 4. The van der Waals surface area contributed by atoms with E-state index in [1.165, 1.54) is 0 Å². The van der Waals surface area contributed by atoms with Crippen LogP contribution in [0.25, 0.3) is 0 Å². The lowest BCUT2D eigenvalue weighted by molar-refractivity contribution is -0.116. The first kappa shape index (κ1) is 26.6. The highest BCUT2D eigenvalue weighted by atomic mass is 127. The highest BCUT2D eigenvalue weighted by Gasteiger charge is 2.35. The van der Waals surface area contributed by atoms with Crippen molar-refractivity contribution in [3.63, 3.8) is 0 Å². The molecule has 0 aliphatic carbocycles. The highest BCUT2D eigenvalue weighted by molar-refractivity contribution is 14.0. The van der Waals surface area contributed by atoms with Gasteiger partial charge in [0.15, 0.2) is 5.96 Å². The van der Waals surface area contributed by atoms with Gasteiger partial charge in [-0.15, -0.1) is 24.0 Å². The van der Waals surface area contributed by atoms with E-state index in [1.54, 1.807) is 6.07 Å². The first-order chi connectivity index (χ1) is 13.8. The lowest BCUT2D eigenvalue weighted by Gasteiger charge is -2.39. The molecule has 1 aromatic rings. The number of hydrogen-bond donors (Lipinski definition) is 3. The smallest absolute Gasteiger partial charge is 0.227 e. The van der Waals surface area contributed by atoms with E-state index in [1.807, 2.05) is 26.0 Å². The third-order valence-corrected chi connectivity index (χ3v) is 4.93. The third-order valence-electron chi connectivity index (χ3n) is 4.93. The van der Waals surface area contributed by atoms with Crippen LogP contribution in [0.4, 0.5) is 5.82 Å². The number of halogens is 1. The van der Waals surface area contributed by atoms with Gasteiger partial charge in [-0.05, 0) is 44.2 Å². The minimum atomic E-state index is -0.0695. The van der Waals surface area contributed by atoms with Gasteiger partial charge in [0.25, 0.3) is 0 Å². The van der Waals surface area contributed by atoms with Crippen molar-refractivity contribution in [2.45, 2.75) is 60.0 Å². The molecule has 7 nitrogen and oxygen atoms in total. The number of anilines is 1. The van der Waals surface area contributed by atoms with Crippen LogP contribution in [-0.4, -0.2) is 49.2 Å². The average Bonchev–Trinajstić information content (AvgIpc) is 2.65. The number of guanidine groups is 1. The van der Waals surface area contributed by atoms with Gasteiger partial charge in [-0.3, -0.25) is 9.79 Å². The fourth-order valence-electron chi connectivity index (χ4n) is 3.65. The molecule has 2 rings (SSSR count). The molecule has 3 N–H and O–H groups in total. The fourth-order valence-corrected chi connectivity index (χ4v) is 3.65. The second kappa shape index (κ2) is 13.1. The van der Waals surface area contributed by atoms with Crippen molar-refractivity contribution in [3.8, 4) is 0 Å². The van der Waals surface area contributed by atoms with Crippen LogP contribution in [0.15, 0.2) is 23.2 Å². The molecule has 30 heavy (non-hydrogen) atoms. The van der Waals surface area contributed by atoms with E-state index in [2.05, 4.69) is 41.7 Å². The van der Waals surface area contributed by atoms with Crippen molar-refractivity contribution in [3.05, 3.63) is 23.9 Å². The molecule has 1 aliphatic heterocycles. The van der Waals surface area contributed by atoms with E-state index in [0.717, 1.165) is 44.2 Å². The van der Waals surface area contributed by atoms with Crippen LogP contribution in [0, 0.1) is 18.3 Å². The Labute approximate surface area is 198 Å². The van der Waals surface area contributed by atoms with Gasteiger partial charge in [0, 0.05) is 44.3 Å². The Bertz CT molecular complexity index is 690. The number of amides is 1. The lowest BCUT2D eigenvalue weighted by Crippen LogP contribution is -2.43. The molecule has 2 atom stereocenters. The van der Waals surface area contributed by atoms with Gasteiger partial charge in [-0.25, -0.2) is 4.98 Å². The molecule has 170 valence electrons. The molecule has 8 heteroatoms. The maximum atomic E-state index is 12.2.